The first-order valence-electron chi connectivity index (χ1n) is 6.89. The summed E-state index contributed by atoms with van der Waals surface area (Å²) in [5.74, 6) is 0.0465. The molecular weight excluding hydrogens is 246 g/mol. The maximum absolute atomic E-state index is 12.4. The Bertz CT molecular complexity index is 570. The number of nitrogens with one attached hydrogen (secondary N) is 1. The number of amides is 1. The van der Waals surface area contributed by atoms with Gasteiger partial charge in [-0.25, -0.2) is 0 Å². The van der Waals surface area contributed by atoms with Crippen molar-refractivity contribution in [2.24, 2.45) is 0 Å². The second-order valence-corrected chi connectivity index (χ2v) is 5.66. The van der Waals surface area contributed by atoms with E-state index in [-0.39, 0.29) is 5.91 Å². The molecule has 1 N–H and O–H groups in total. The summed E-state index contributed by atoms with van der Waals surface area (Å²) in [6.07, 6.45) is 0. The van der Waals surface area contributed by atoms with Crippen molar-refractivity contribution in [3.8, 4) is 0 Å². The number of carbonyl (C=O) groups excluding carboxylic acids is 1. The van der Waals surface area contributed by atoms with E-state index in [9.17, 15) is 4.79 Å². The standard InChI is InChI=1S/C18H21NO/c1-14-9-11-16(12-10-14)18(2,3)17(20)19-13-15-7-5-4-6-8-15/h4-12H,13H2,1-3H3,(H,19,20). The monoisotopic (exact) mass is 267 g/mol. The van der Waals surface area contributed by atoms with Gasteiger partial charge in [0.25, 0.3) is 0 Å². The maximum atomic E-state index is 12.4. The molecule has 2 aromatic rings. The van der Waals surface area contributed by atoms with Gasteiger partial charge in [0, 0.05) is 6.54 Å². The number of hydrogen-bond acceptors (Lipinski definition) is 1. The molecule has 104 valence electrons. The Balaban J connectivity index is 2.05. The Labute approximate surface area is 120 Å². The summed E-state index contributed by atoms with van der Waals surface area (Å²) < 4.78 is 0. The molecule has 0 saturated heterocycles. The highest BCUT2D eigenvalue weighted by Crippen LogP contribution is 2.23. The number of rotatable bonds is 4. The number of benzene rings is 2. The first kappa shape index (κ1) is 14.3. The molecule has 0 atom stereocenters. The molecule has 0 unspecified atom stereocenters. The lowest BCUT2D eigenvalue weighted by Crippen LogP contribution is -2.39. The molecule has 0 aliphatic heterocycles. The normalized spacial score (nSPS) is 11.2. The van der Waals surface area contributed by atoms with E-state index in [1.54, 1.807) is 0 Å². The molecule has 0 spiro atoms. The van der Waals surface area contributed by atoms with Gasteiger partial charge in [-0.3, -0.25) is 4.79 Å². The van der Waals surface area contributed by atoms with Crippen molar-refractivity contribution in [1.29, 1.82) is 0 Å². The van der Waals surface area contributed by atoms with Gasteiger partial charge in [-0.05, 0) is 31.9 Å². The Morgan fingerprint density at radius 2 is 1.60 bits per heavy atom. The summed E-state index contributed by atoms with van der Waals surface area (Å²) in [5.41, 5.74) is 2.83. The summed E-state index contributed by atoms with van der Waals surface area (Å²) in [6, 6.07) is 18.1. The minimum absolute atomic E-state index is 0.0465. The smallest absolute Gasteiger partial charge is 0.230 e. The Kier molecular flexibility index (Phi) is 4.23. The van der Waals surface area contributed by atoms with Crippen LogP contribution in [0.1, 0.15) is 30.5 Å². The van der Waals surface area contributed by atoms with Crippen LogP contribution in [0, 0.1) is 6.92 Å². The Morgan fingerprint density at radius 3 is 2.20 bits per heavy atom. The number of carbonyl (C=O) groups is 1. The van der Waals surface area contributed by atoms with Gasteiger partial charge in [0.05, 0.1) is 5.41 Å². The van der Waals surface area contributed by atoms with E-state index in [4.69, 9.17) is 0 Å². The van der Waals surface area contributed by atoms with Gasteiger partial charge < -0.3 is 5.32 Å². The van der Waals surface area contributed by atoms with Gasteiger partial charge in [0.1, 0.15) is 0 Å². The van der Waals surface area contributed by atoms with Crippen molar-refractivity contribution in [3.63, 3.8) is 0 Å². The fourth-order valence-electron chi connectivity index (χ4n) is 2.10. The molecule has 2 rings (SSSR count). The van der Waals surface area contributed by atoms with Crippen molar-refractivity contribution in [2.75, 3.05) is 0 Å². The average molecular weight is 267 g/mol. The van der Waals surface area contributed by atoms with Crippen LogP contribution in [0.25, 0.3) is 0 Å². The van der Waals surface area contributed by atoms with E-state index < -0.39 is 5.41 Å². The lowest BCUT2D eigenvalue weighted by Gasteiger charge is -2.24. The zero-order valence-electron chi connectivity index (χ0n) is 12.3. The van der Waals surface area contributed by atoms with Crippen LogP contribution < -0.4 is 5.32 Å². The van der Waals surface area contributed by atoms with Crippen LogP contribution in [0.4, 0.5) is 0 Å². The van der Waals surface area contributed by atoms with Crippen LogP contribution in [0.5, 0.6) is 0 Å². The van der Waals surface area contributed by atoms with E-state index in [1.807, 2.05) is 75.4 Å². The van der Waals surface area contributed by atoms with E-state index in [1.165, 1.54) is 5.56 Å². The Hall–Kier alpha value is -2.09. The molecule has 2 nitrogen and oxygen atoms in total. The molecule has 20 heavy (non-hydrogen) atoms. The minimum Gasteiger partial charge on any atom is -0.351 e. The molecule has 0 aliphatic rings. The highest BCUT2D eigenvalue weighted by atomic mass is 16.2. The summed E-state index contributed by atoms with van der Waals surface area (Å²) in [4.78, 5) is 12.4. The molecule has 2 aromatic carbocycles. The van der Waals surface area contributed by atoms with Crippen molar-refractivity contribution in [2.45, 2.75) is 32.7 Å². The Morgan fingerprint density at radius 1 is 1.00 bits per heavy atom. The zero-order chi connectivity index (χ0) is 14.6. The van der Waals surface area contributed by atoms with Crippen LogP contribution >= 0.6 is 0 Å². The van der Waals surface area contributed by atoms with Crippen molar-refractivity contribution >= 4 is 5.91 Å². The topological polar surface area (TPSA) is 29.1 Å². The van der Waals surface area contributed by atoms with Gasteiger partial charge in [-0.2, -0.15) is 0 Å². The average Bonchev–Trinajstić information content (AvgIpc) is 2.46. The molecule has 0 aromatic heterocycles. The van der Waals surface area contributed by atoms with Gasteiger partial charge in [-0.15, -0.1) is 0 Å². The highest BCUT2D eigenvalue weighted by molar-refractivity contribution is 5.87. The molecular formula is C18H21NO. The lowest BCUT2D eigenvalue weighted by atomic mass is 9.83. The third-order valence-corrected chi connectivity index (χ3v) is 3.64. The van der Waals surface area contributed by atoms with E-state index in [2.05, 4.69) is 5.32 Å². The molecule has 0 bridgehead atoms. The molecule has 1 amide bonds. The predicted molar refractivity (Wildman–Crippen MR) is 82.5 cm³/mol. The van der Waals surface area contributed by atoms with E-state index in [0.29, 0.717) is 6.54 Å². The minimum atomic E-state index is -0.525. The molecule has 0 saturated carbocycles. The SMILES string of the molecule is Cc1ccc(C(C)(C)C(=O)NCc2ccccc2)cc1. The van der Waals surface area contributed by atoms with Gasteiger partial charge >= 0.3 is 0 Å². The van der Waals surface area contributed by atoms with Crippen LogP contribution in [0.2, 0.25) is 0 Å². The quantitative estimate of drug-likeness (QED) is 0.901. The second kappa shape index (κ2) is 5.91. The van der Waals surface area contributed by atoms with Gasteiger partial charge in [0.15, 0.2) is 0 Å². The van der Waals surface area contributed by atoms with Crippen LogP contribution in [0.3, 0.4) is 0 Å². The lowest BCUT2D eigenvalue weighted by molar-refractivity contribution is -0.125. The maximum Gasteiger partial charge on any atom is 0.230 e. The van der Waals surface area contributed by atoms with Gasteiger partial charge in [0.2, 0.25) is 5.91 Å². The summed E-state index contributed by atoms with van der Waals surface area (Å²) >= 11 is 0. The molecule has 0 aliphatic carbocycles. The first-order chi connectivity index (χ1) is 9.50. The highest BCUT2D eigenvalue weighted by Gasteiger charge is 2.29. The third-order valence-electron chi connectivity index (χ3n) is 3.64. The fourth-order valence-corrected chi connectivity index (χ4v) is 2.10. The number of hydrogen-bond donors (Lipinski definition) is 1. The largest absolute Gasteiger partial charge is 0.351 e. The molecule has 2 heteroatoms. The van der Waals surface area contributed by atoms with E-state index in [0.717, 1.165) is 11.1 Å². The molecule has 0 radical (unpaired) electrons. The fraction of sp³-hybridized carbons (Fsp3) is 0.278. The summed E-state index contributed by atoms with van der Waals surface area (Å²) in [6.45, 7) is 6.53. The first-order valence-corrected chi connectivity index (χ1v) is 6.89. The second-order valence-electron chi connectivity index (χ2n) is 5.66. The van der Waals surface area contributed by atoms with Crippen molar-refractivity contribution in [3.05, 3.63) is 71.3 Å². The van der Waals surface area contributed by atoms with Crippen LogP contribution in [0.15, 0.2) is 54.6 Å². The molecule has 0 fully saturated rings. The van der Waals surface area contributed by atoms with Gasteiger partial charge in [-0.1, -0.05) is 60.2 Å². The summed E-state index contributed by atoms with van der Waals surface area (Å²) in [7, 11) is 0. The predicted octanol–water partition coefficient (Wildman–Crippen LogP) is 3.59. The molecule has 0 heterocycles. The number of aryl methyl sites for hydroxylation is 1. The van der Waals surface area contributed by atoms with Crippen LogP contribution in [-0.2, 0) is 16.8 Å². The summed E-state index contributed by atoms with van der Waals surface area (Å²) in [5, 5.41) is 3.01. The van der Waals surface area contributed by atoms with Crippen molar-refractivity contribution in [1.82, 2.24) is 5.32 Å². The van der Waals surface area contributed by atoms with E-state index >= 15 is 0 Å². The van der Waals surface area contributed by atoms with Crippen molar-refractivity contribution < 1.29 is 4.79 Å². The zero-order valence-corrected chi connectivity index (χ0v) is 12.3. The third kappa shape index (κ3) is 3.27. The van der Waals surface area contributed by atoms with Crippen LogP contribution in [-0.4, -0.2) is 5.91 Å².